The van der Waals surface area contributed by atoms with Crippen LogP contribution in [0.3, 0.4) is 0 Å². The Hall–Kier alpha value is 0.354. The van der Waals surface area contributed by atoms with Crippen molar-refractivity contribution in [2.24, 2.45) is 0 Å². The zero-order chi connectivity index (χ0) is 5.54. The maximum atomic E-state index is 4.64. The van der Waals surface area contributed by atoms with Crippen molar-refractivity contribution < 1.29 is 19.4 Å². The molecule has 0 N–H and O–H groups in total. The maximum absolute atomic E-state index is 4.64. The van der Waals surface area contributed by atoms with E-state index < -0.39 is 0 Å². The van der Waals surface area contributed by atoms with E-state index in [0.717, 1.165) is 0 Å². The molecular formula is C5H5ClTi. The number of hydrogen-bond acceptors (Lipinski definition) is 0. The summed E-state index contributed by atoms with van der Waals surface area (Å²) in [6.45, 7) is 0. The average molecular weight is 148 g/mol. The fourth-order valence-electron chi connectivity index (χ4n) is 0.321. The van der Waals surface area contributed by atoms with Crippen LogP contribution in [0.1, 0.15) is 0 Å². The van der Waals surface area contributed by atoms with Crippen molar-refractivity contribution in [2.75, 3.05) is 0 Å². The zero-order valence-electron chi connectivity index (χ0n) is 3.76. The molecule has 1 rings (SSSR count). The minimum absolute atomic E-state index is 1.47. The standard InChI is InChI=1S/C5H5.ClH.Ti/c1-2-4-5-3-1;;/h1-5H;1H;/q-1;;+2/p-1. The van der Waals surface area contributed by atoms with Crippen molar-refractivity contribution in [1.29, 1.82) is 0 Å². The van der Waals surface area contributed by atoms with E-state index in [4.69, 9.17) is 0 Å². The quantitative estimate of drug-likeness (QED) is 0.390. The molecule has 0 radical (unpaired) electrons. The van der Waals surface area contributed by atoms with E-state index in [1.54, 1.807) is 0 Å². The van der Waals surface area contributed by atoms with Crippen LogP contribution in [0.2, 0.25) is 0 Å². The molecule has 0 aromatic heterocycles. The largest absolute Gasteiger partial charge is 0.214 e. The molecule has 0 bridgehead atoms. The molecule has 0 fully saturated rings. The molecule has 0 spiro atoms. The Morgan fingerprint density at radius 3 is 1.71 bits per heavy atom. The molecule has 2 heteroatoms. The molecule has 0 atom stereocenters. The van der Waals surface area contributed by atoms with Crippen LogP contribution in [0.15, 0.2) is 30.3 Å². The van der Waals surface area contributed by atoms with Crippen molar-refractivity contribution in [3.63, 3.8) is 0 Å². The molecule has 0 saturated heterocycles. The smallest absolute Gasteiger partial charge is 0.172 e. The molecule has 0 nitrogen and oxygen atoms in total. The van der Waals surface area contributed by atoms with Gasteiger partial charge in [0.25, 0.3) is 0 Å². The van der Waals surface area contributed by atoms with E-state index in [1.807, 2.05) is 30.3 Å². The van der Waals surface area contributed by atoms with E-state index in [0.29, 0.717) is 0 Å². The van der Waals surface area contributed by atoms with E-state index in [9.17, 15) is 0 Å². The molecule has 0 aliphatic heterocycles. The van der Waals surface area contributed by atoms with Crippen molar-refractivity contribution >= 4 is 9.30 Å². The van der Waals surface area contributed by atoms with E-state index in [1.165, 1.54) is 19.4 Å². The van der Waals surface area contributed by atoms with E-state index in [2.05, 4.69) is 9.30 Å². The SMILES string of the molecule is [Cl][Ti+].c1cc[cH-]c1. The summed E-state index contributed by atoms with van der Waals surface area (Å²) < 4.78 is 0. The number of hydrogen-bond donors (Lipinski definition) is 0. The van der Waals surface area contributed by atoms with Crippen LogP contribution in [-0.2, 0) is 19.4 Å². The van der Waals surface area contributed by atoms with Gasteiger partial charge in [-0.3, -0.25) is 0 Å². The third-order valence-corrected chi connectivity index (χ3v) is 0.556. The predicted octanol–water partition coefficient (Wildman–Crippen LogP) is 2.09. The Morgan fingerprint density at radius 2 is 1.57 bits per heavy atom. The summed E-state index contributed by atoms with van der Waals surface area (Å²) in [5.41, 5.74) is 0. The summed E-state index contributed by atoms with van der Waals surface area (Å²) in [6, 6.07) is 10.0. The van der Waals surface area contributed by atoms with Crippen LogP contribution in [0.4, 0.5) is 0 Å². The van der Waals surface area contributed by atoms with Gasteiger partial charge in [-0.1, -0.05) is 0 Å². The van der Waals surface area contributed by atoms with Gasteiger partial charge in [0, 0.05) is 0 Å². The minimum atomic E-state index is 1.47. The predicted molar refractivity (Wildman–Crippen MR) is 27.9 cm³/mol. The van der Waals surface area contributed by atoms with Crippen LogP contribution < -0.4 is 0 Å². The summed E-state index contributed by atoms with van der Waals surface area (Å²) in [5, 5.41) is 0. The molecule has 0 amide bonds. The summed E-state index contributed by atoms with van der Waals surface area (Å²) in [5.74, 6) is 0. The van der Waals surface area contributed by atoms with Gasteiger partial charge in [0.1, 0.15) is 0 Å². The Kier molecular flexibility index (Phi) is 6.68. The van der Waals surface area contributed by atoms with Gasteiger partial charge in [-0.15, -0.1) is 0 Å². The monoisotopic (exact) mass is 148 g/mol. The molecule has 36 valence electrons. The van der Waals surface area contributed by atoms with Crippen molar-refractivity contribution in [3.8, 4) is 0 Å². The second-order valence-electron chi connectivity index (χ2n) is 0.962. The molecular weight excluding hydrogens is 143 g/mol. The van der Waals surface area contributed by atoms with Gasteiger partial charge in [0.05, 0.1) is 0 Å². The molecule has 0 aliphatic carbocycles. The van der Waals surface area contributed by atoms with Crippen LogP contribution in [0.5, 0.6) is 0 Å². The second kappa shape index (κ2) is 6.35. The molecule has 0 saturated carbocycles. The van der Waals surface area contributed by atoms with Crippen LogP contribution in [-0.4, -0.2) is 0 Å². The zero-order valence-corrected chi connectivity index (χ0v) is 6.08. The third-order valence-electron chi connectivity index (χ3n) is 0.556. The Morgan fingerprint density at radius 1 is 1.14 bits per heavy atom. The molecule has 0 unspecified atom stereocenters. The second-order valence-corrected chi connectivity index (χ2v) is 0.962. The first-order valence-electron chi connectivity index (χ1n) is 1.86. The Balaban J connectivity index is 0.000000162. The van der Waals surface area contributed by atoms with Gasteiger partial charge in [0.15, 0.2) is 0 Å². The Labute approximate surface area is 59.1 Å². The van der Waals surface area contributed by atoms with Gasteiger partial charge in [0.2, 0.25) is 0 Å². The molecule has 1 aromatic carbocycles. The number of rotatable bonds is 0. The number of halogens is 1. The summed E-state index contributed by atoms with van der Waals surface area (Å²) in [7, 11) is 4.64. The van der Waals surface area contributed by atoms with Gasteiger partial charge < -0.3 is 0 Å². The Bertz CT molecular complexity index is 64.6. The molecule has 7 heavy (non-hydrogen) atoms. The first-order valence-corrected chi connectivity index (χ1v) is 4.00. The summed E-state index contributed by atoms with van der Waals surface area (Å²) >= 11 is 1.47. The van der Waals surface area contributed by atoms with Gasteiger partial charge in [-0.2, -0.15) is 18.2 Å². The van der Waals surface area contributed by atoms with Crippen LogP contribution >= 0.6 is 9.30 Å². The minimum Gasteiger partial charge on any atom is -0.214 e. The summed E-state index contributed by atoms with van der Waals surface area (Å²) in [4.78, 5) is 0. The molecule has 0 heterocycles. The van der Waals surface area contributed by atoms with E-state index >= 15 is 0 Å². The van der Waals surface area contributed by atoms with Gasteiger partial charge in [-0.25, -0.2) is 12.1 Å². The first kappa shape index (κ1) is 7.35. The topological polar surface area (TPSA) is 0 Å². The molecule has 0 aliphatic rings. The first-order chi connectivity index (χ1) is 3.50. The fourth-order valence-corrected chi connectivity index (χ4v) is 0.321. The van der Waals surface area contributed by atoms with Crippen molar-refractivity contribution in [2.45, 2.75) is 0 Å². The maximum Gasteiger partial charge on any atom is -0.172 e. The van der Waals surface area contributed by atoms with E-state index in [-0.39, 0.29) is 0 Å². The molecule has 1 aromatic rings. The van der Waals surface area contributed by atoms with Crippen molar-refractivity contribution in [3.05, 3.63) is 30.3 Å². The third kappa shape index (κ3) is 4.20. The summed E-state index contributed by atoms with van der Waals surface area (Å²) in [6.07, 6.45) is 0. The van der Waals surface area contributed by atoms with Crippen LogP contribution in [0.25, 0.3) is 0 Å². The van der Waals surface area contributed by atoms with Gasteiger partial charge >= 0.3 is 28.7 Å². The van der Waals surface area contributed by atoms with Gasteiger partial charge in [-0.05, 0) is 0 Å². The normalized spacial score (nSPS) is 6.29. The van der Waals surface area contributed by atoms with Crippen molar-refractivity contribution in [1.82, 2.24) is 0 Å². The van der Waals surface area contributed by atoms with Crippen LogP contribution in [0, 0.1) is 0 Å². The fraction of sp³-hybridized carbons (Fsp3) is 0. The average Bonchev–Trinajstić information content (AvgIpc) is 2.23.